The van der Waals surface area contributed by atoms with E-state index in [2.05, 4.69) is 9.55 Å². The van der Waals surface area contributed by atoms with Crippen LogP contribution in [-0.4, -0.2) is 28.3 Å². The molecule has 0 N–H and O–H groups in total. The highest BCUT2D eigenvalue weighted by Crippen LogP contribution is 2.35. The Morgan fingerprint density at radius 2 is 2.20 bits per heavy atom. The van der Waals surface area contributed by atoms with E-state index >= 15 is 0 Å². The van der Waals surface area contributed by atoms with Crippen molar-refractivity contribution < 1.29 is 9.13 Å². The molecule has 4 rings (SSSR count). The Kier molecular flexibility index (Phi) is 4.29. The van der Waals surface area contributed by atoms with Gasteiger partial charge in [-0.1, -0.05) is 0 Å². The summed E-state index contributed by atoms with van der Waals surface area (Å²) in [5.74, 6) is -0.248. The average Bonchev–Trinajstić information content (AvgIpc) is 3.25. The molecule has 0 spiro atoms. The van der Waals surface area contributed by atoms with Crippen LogP contribution in [0.15, 0.2) is 54.3 Å². The second-order valence-corrected chi connectivity index (χ2v) is 6.53. The van der Waals surface area contributed by atoms with Crippen molar-refractivity contribution in [3.05, 3.63) is 60.1 Å². The van der Waals surface area contributed by atoms with Crippen molar-refractivity contribution in [1.82, 2.24) is 14.5 Å². The third kappa shape index (κ3) is 3.06. The van der Waals surface area contributed by atoms with Gasteiger partial charge in [0.2, 0.25) is 0 Å². The number of hydrogen-bond acceptors (Lipinski definition) is 4. The Bertz CT molecular complexity index is 1010. The molecule has 25 heavy (non-hydrogen) atoms. The third-order valence-corrected chi connectivity index (χ3v) is 4.95. The molecule has 0 fully saturated rings. The largest absolute Gasteiger partial charge is 0.383 e. The van der Waals surface area contributed by atoms with Crippen LogP contribution in [0.2, 0.25) is 0 Å². The molecule has 3 heterocycles. The Morgan fingerprint density at radius 1 is 1.28 bits per heavy atom. The summed E-state index contributed by atoms with van der Waals surface area (Å²) in [5, 5.41) is 3.73. The zero-order valence-electron chi connectivity index (χ0n) is 13.6. The van der Waals surface area contributed by atoms with Crippen molar-refractivity contribution in [2.45, 2.75) is 6.54 Å². The van der Waals surface area contributed by atoms with E-state index in [1.54, 1.807) is 43.0 Å². The van der Waals surface area contributed by atoms with Gasteiger partial charge >= 0.3 is 0 Å². The molecular weight excluding hydrogens is 337 g/mol. The maximum absolute atomic E-state index is 13.8. The molecule has 4 aromatic rings. The third-order valence-electron chi connectivity index (χ3n) is 4.07. The Balaban J connectivity index is 1.81. The predicted molar refractivity (Wildman–Crippen MR) is 98.1 cm³/mol. The van der Waals surface area contributed by atoms with Crippen LogP contribution in [0, 0.1) is 5.82 Å². The van der Waals surface area contributed by atoms with E-state index in [-0.39, 0.29) is 5.82 Å². The fourth-order valence-electron chi connectivity index (χ4n) is 2.86. The van der Waals surface area contributed by atoms with Gasteiger partial charge in [-0.2, -0.15) is 0 Å². The second kappa shape index (κ2) is 6.74. The van der Waals surface area contributed by atoms with Crippen LogP contribution in [0.1, 0.15) is 0 Å². The zero-order chi connectivity index (χ0) is 17.2. The molecule has 0 saturated carbocycles. The fourth-order valence-corrected chi connectivity index (χ4v) is 3.71. The van der Waals surface area contributed by atoms with Gasteiger partial charge in [0, 0.05) is 59.7 Å². The van der Waals surface area contributed by atoms with E-state index < -0.39 is 0 Å². The molecule has 3 aromatic heterocycles. The minimum Gasteiger partial charge on any atom is -0.383 e. The quantitative estimate of drug-likeness (QED) is 0.526. The maximum atomic E-state index is 13.8. The lowest BCUT2D eigenvalue weighted by Gasteiger charge is -2.03. The summed E-state index contributed by atoms with van der Waals surface area (Å²) >= 11 is 1.55. The summed E-state index contributed by atoms with van der Waals surface area (Å²) in [6.45, 7) is 1.30. The van der Waals surface area contributed by atoms with Crippen molar-refractivity contribution in [3.8, 4) is 21.8 Å². The monoisotopic (exact) mass is 353 g/mol. The number of thiazole rings is 1. The van der Waals surface area contributed by atoms with E-state index in [1.165, 1.54) is 6.07 Å². The smallest absolute Gasteiger partial charge is 0.126 e. The van der Waals surface area contributed by atoms with Crippen LogP contribution in [0.3, 0.4) is 0 Å². The number of aromatic nitrogens is 3. The van der Waals surface area contributed by atoms with Crippen LogP contribution >= 0.6 is 11.3 Å². The predicted octanol–water partition coefficient (Wildman–Crippen LogP) is 4.61. The van der Waals surface area contributed by atoms with Crippen molar-refractivity contribution in [1.29, 1.82) is 0 Å². The summed E-state index contributed by atoms with van der Waals surface area (Å²) < 4.78 is 21.1. The van der Waals surface area contributed by atoms with Crippen molar-refractivity contribution in [2.75, 3.05) is 13.7 Å². The van der Waals surface area contributed by atoms with Gasteiger partial charge in [0.25, 0.3) is 0 Å². The van der Waals surface area contributed by atoms with Crippen LogP contribution < -0.4 is 0 Å². The van der Waals surface area contributed by atoms with E-state index in [0.29, 0.717) is 13.2 Å². The first-order valence-corrected chi connectivity index (χ1v) is 8.78. The molecule has 0 saturated heterocycles. The number of ether oxygens (including phenoxy) is 1. The SMILES string of the molecule is COCCn1cc(-c2nc(-c3cccnc3)cs2)c2cc(F)ccc21. The number of pyridine rings is 1. The molecule has 126 valence electrons. The molecule has 0 aliphatic heterocycles. The first-order chi connectivity index (χ1) is 12.3. The number of methoxy groups -OCH3 is 1. The number of rotatable bonds is 5. The summed E-state index contributed by atoms with van der Waals surface area (Å²) in [7, 11) is 1.67. The average molecular weight is 353 g/mol. The number of halogens is 1. The zero-order valence-corrected chi connectivity index (χ0v) is 14.5. The van der Waals surface area contributed by atoms with Gasteiger partial charge < -0.3 is 9.30 Å². The molecular formula is C19H16FN3OS. The summed E-state index contributed by atoms with van der Waals surface area (Å²) in [6.07, 6.45) is 5.55. The lowest BCUT2D eigenvalue weighted by atomic mass is 10.2. The Hall–Kier alpha value is -2.57. The summed E-state index contributed by atoms with van der Waals surface area (Å²) in [5.41, 5.74) is 3.76. The fraction of sp³-hybridized carbons (Fsp3) is 0.158. The van der Waals surface area contributed by atoms with Gasteiger partial charge in [-0.25, -0.2) is 9.37 Å². The van der Waals surface area contributed by atoms with Crippen molar-refractivity contribution >= 4 is 22.2 Å². The highest BCUT2D eigenvalue weighted by atomic mass is 32.1. The molecule has 0 atom stereocenters. The molecule has 0 radical (unpaired) electrons. The van der Waals surface area contributed by atoms with Crippen LogP contribution in [0.25, 0.3) is 32.7 Å². The second-order valence-electron chi connectivity index (χ2n) is 5.67. The number of nitrogens with zero attached hydrogens (tertiary/aromatic N) is 3. The van der Waals surface area contributed by atoms with Crippen LogP contribution in [0.4, 0.5) is 4.39 Å². The minimum absolute atomic E-state index is 0.248. The number of hydrogen-bond donors (Lipinski definition) is 0. The van der Waals surface area contributed by atoms with Gasteiger partial charge in [-0.3, -0.25) is 4.98 Å². The lowest BCUT2D eigenvalue weighted by molar-refractivity contribution is 0.188. The summed E-state index contributed by atoms with van der Waals surface area (Å²) in [4.78, 5) is 8.88. The van der Waals surface area contributed by atoms with Gasteiger partial charge in [0.1, 0.15) is 10.8 Å². The number of benzene rings is 1. The first-order valence-electron chi connectivity index (χ1n) is 7.90. The minimum atomic E-state index is -0.248. The number of fused-ring (bicyclic) bond motifs is 1. The molecule has 6 heteroatoms. The van der Waals surface area contributed by atoms with Crippen molar-refractivity contribution in [3.63, 3.8) is 0 Å². The normalized spacial score (nSPS) is 11.3. The maximum Gasteiger partial charge on any atom is 0.126 e. The van der Waals surface area contributed by atoms with E-state index in [0.717, 1.165) is 32.7 Å². The van der Waals surface area contributed by atoms with Gasteiger partial charge in [-0.15, -0.1) is 11.3 Å². The highest BCUT2D eigenvalue weighted by Gasteiger charge is 2.15. The van der Waals surface area contributed by atoms with Gasteiger partial charge in [-0.05, 0) is 30.3 Å². The Morgan fingerprint density at radius 3 is 3.00 bits per heavy atom. The summed E-state index contributed by atoms with van der Waals surface area (Å²) in [6, 6.07) is 8.73. The standard InChI is InChI=1S/C19H16FN3OS/c1-24-8-7-23-11-16(15-9-14(20)4-5-18(15)23)19-22-17(12-25-19)13-3-2-6-21-10-13/h2-6,9-12H,7-8H2,1H3. The molecule has 0 aliphatic rings. The Labute approximate surface area is 148 Å². The molecule has 4 nitrogen and oxygen atoms in total. The molecule has 0 bridgehead atoms. The van der Waals surface area contributed by atoms with E-state index in [4.69, 9.17) is 9.72 Å². The van der Waals surface area contributed by atoms with E-state index in [9.17, 15) is 4.39 Å². The molecule has 0 unspecified atom stereocenters. The first kappa shape index (κ1) is 15.9. The van der Waals surface area contributed by atoms with E-state index in [1.807, 2.05) is 23.7 Å². The molecule has 0 aliphatic carbocycles. The van der Waals surface area contributed by atoms with Gasteiger partial charge in [0.15, 0.2) is 0 Å². The highest BCUT2D eigenvalue weighted by molar-refractivity contribution is 7.13. The van der Waals surface area contributed by atoms with Gasteiger partial charge in [0.05, 0.1) is 12.3 Å². The lowest BCUT2D eigenvalue weighted by Crippen LogP contribution is -2.02. The van der Waals surface area contributed by atoms with Crippen LogP contribution in [-0.2, 0) is 11.3 Å². The molecule has 0 amide bonds. The van der Waals surface area contributed by atoms with Crippen molar-refractivity contribution in [2.24, 2.45) is 0 Å². The molecule has 1 aromatic carbocycles. The van der Waals surface area contributed by atoms with Crippen LogP contribution in [0.5, 0.6) is 0 Å². The topological polar surface area (TPSA) is 39.9 Å².